The number of hydrogen-bond donors (Lipinski definition) is 0. The van der Waals surface area contributed by atoms with Crippen LogP contribution in [0.4, 0.5) is 11.4 Å². The molecule has 10 aromatic carbocycles. The molecule has 65 heavy (non-hydrogen) atoms. The zero-order valence-electron chi connectivity index (χ0n) is 35.2. The van der Waals surface area contributed by atoms with Gasteiger partial charge in [-0.1, -0.05) is 140 Å². The standard InChI is InChI=1S/C60H37BN4/c1-8-22-53-41(15-1)42-16-2-9-23-54(42)62(53)38-29-32-51-48(35-38)47-21-7-14-28-59(47)65-60-34-31-40(64-57-26-12-5-19-45(57)46-20-6-13-27-58(46)64)37-50(60)49-36-39(30-33-52(49)61(51)65)63-55-24-10-3-17-43(55)44-18-4-11-25-56(44)63/h1-37H. The van der Waals surface area contributed by atoms with Crippen molar-refractivity contribution in [1.82, 2.24) is 13.7 Å². The summed E-state index contributed by atoms with van der Waals surface area (Å²) < 4.78 is 7.34. The van der Waals surface area contributed by atoms with E-state index in [9.17, 15) is 0 Å². The monoisotopic (exact) mass is 824 g/mol. The molecule has 0 spiro atoms. The quantitative estimate of drug-likeness (QED) is 0.162. The summed E-state index contributed by atoms with van der Waals surface area (Å²) in [5.41, 5.74) is 20.7. The Morgan fingerprint density at radius 2 is 0.554 bits per heavy atom. The SMILES string of the molecule is c1ccc2c(c1)-c1cc(-n3c4ccccc4c4ccccc43)ccc1B1c3ccc(-n4c5ccccc5c5ccccc54)cc3-c3cc(-n4c5ccccc5c5ccccc54)ccc3N12. The Hall–Kier alpha value is -8.54. The molecule has 0 saturated heterocycles. The van der Waals surface area contributed by atoms with Crippen LogP contribution < -0.4 is 15.7 Å². The zero-order valence-corrected chi connectivity index (χ0v) is 35.2. The summed E-state index contributed by atoms with van der Waals surface area (Å²) in [5, 5.41) is 7.58. The van der Waals surface area contributed by atoms with Gasteiger partial charge in [-0.05, 0) is 107 Å². The van der Waals surface area contributed by atoms with Crippen LogP contribution in [0.25, 0.3) is 105 Å². The van der Waals surface area contributed by atoms with Crippen molar-refractivity contribution in [3.8, 4) is 39.3 Å². The summed E-state index contributed by atoms with van der Waals surface area (Å²) in [7, 11) is 0. The van der Waals surface area contributed by atoms with Crippen molar-refractivity contribution in [2.45, 2.75) is 0 Å². The Morgan fingerprint density at radius 1 is 0.246 bits per heavy atom. The highest BCUT2D eigenvalue weighted by molar-refractivity contribution is 6.92. The minimum absolute atomic E-state index is 0.0547. The number of hydrogen-bond acceptors (Lipinski definition) is 1. The number of anilines is 2. The van der Waals surface area contributed by atoms with Gasteiger partial charge < -0.3 is 18.5 Å². The highest BCUT2D eigenvalue weighted by Crippen LogP contribution is 2.48. The van der Waals surface area contributed by atoms with Gasteiger partial charge in [-0.25, -0.2) is 0 Å². The molecule has 300 valence electrons. The van der Waals surface area contributed by atoms with Crippen LogP contribution in [0.2, 0.25) is 0 Å². The normalized spacial score (nSPS) is 12.9. The van der Waals surface area contributed by atoms with Gasteiger partial charge in [0.05, 0.1) is 33.1 Å². The van der Waals surface area contributed by atoms with E-state index in [1.807, 2.05) is 0 Å². The van der Waals surface area contributed by atoms with Crippen LogP contribution in [0, 0.1) is 0 Å². The summed E-state index contributed by atoms with van der Waals surface area (Å²) >= 11 is 0. The van der Waals surface area contributed by atoms with Crippen molar-refractivity contribution in [3.63, 3.8) is 0 Å². The maximum atomic E-state index is 2.62. The number of benzene rings is 10. The molecule has 13 aromatic rings. The third-order valence-electron chi connectivity index (χ3n) is 14.4. The lowest BCUT2D eigenvalue weighted by molar-refractivity contribution is 1.17. The largest absolute Gasteiger partial charge is 0.376 e. The maximum absolute atomic E-state index is 2.62. The molecule has 0 bridgehead atoms. The number of rotatable bonds is 3. The first-order valence-corrected chi connectivity index (χ1v) is 22.6. The molecule has 0 aliphatic carbocycles. The van der Waals surface area contributed by atoms with Crippen molar-refractivity contribution in [3.05, 3.63) is 224 Å². The van der Waals surface area contributed by atoms with Crippen molar-refractivity contribution >= 4 is 94.6 Å². The summed E-state index contributed by atoms with van der Waals surface area (Å²) in [6, 6.07) is 83.5. The van der Waals surface area contributed by atoms with Gasteiger partial charge in [0.1, 0.15) is 0 Å². The lowest BCUT2D eigenvalue weighted by Gasteiger charge is -2.43. The Bertz CT molecular complexity index is 4010. The van der Waals surface area contributed by atoms with E-state index < -0.39 is 0 Å². The predicted octanol–water partition coefficient (Wildman–Crippen LogP) is 13.9. The Morgan fingerprint density at radius 3 is 0.969 bits per heavy atom. The molecule has 0 atom stereocenters. The van der Waals surface area contributed by atoms with Crippen LogP contribution in [0.15, 0.2) is 224 Å². The van der Waals surface area contributed by atoms with Gasteiger partial charge in [-0.3, -0.25) is 0 Å². The Labute approximate surface area is 375 Å². The van der Waals surface area contributed by atoms with Gasteiger partial charge in [-0.2, -0.15) is 0 Å². The molecular weight excluding hydrogens is 787 g/mol. The van der Waals surface area contributed by atoms with Gasteiger partial charge in [0.25, 0.3) is 0 Å². The molecule has 2 aliphatic rings. The molecule has 0 fully saturated rings. The van der Waals surface area contributed by atoms with Crippen LogP contribution in [-0.2, 0) is 0 Å². The number of nitrogens with zero attached hydrogens (tertiary/aromatic N) is 4. The zero-order chi connectivity index (χ0) is 42.3. The van der Waals surface area contributed by atoms with Gasteiger partial charge in [0, 0.05) is 71.9 Å². The molecule has 4 nitrogen and oxygen atoms in total. The van der Waals surface area contributed by atoms with Gasteiger partial charge in [0.2, 0.25) is 0 Å². The van der Waals surface area contributed by atoms with Gasteiger partial charge >= 0.3 is 6.85 Å². The summed E-state index contributed by atoms with van der Waals surface area (Å²) in [4.78, 5) is 2.62. The third-order valence-corrected chi connectivity index (χ3v) is 14.4. The topological polar surface area (TPSA) is 18.0 Å². The molecule has 5 heterocycles. The maximum Gasteiger partial charge on any atom is 0.329 e. The molecule has 5 heteroatoms. The van der Waals surface area contributed by atoms with Crippen molar-refractivity contribution in [2.24, 2.45) is 0 Å². The first-order valence-electron chi connectivity index (χ1n) is 22.6. The minimum atomic E-state index is -0.0547. The van der Waals surface area contributed by atoms with Crippen molar-refractivity contribution in [1.29, 1.82) is 0 Å². The van der Waals surface area contributed by atoms with E-state index >= 15 is 0 Å². The first-order chi connectivity index (χ1) is 32.3. The van der Waals surface area contributed by atoms with E-state index in [0.29, 0.717) is 0 Å². The highest BCUT2D eigenvalue weighted by Gasteiger charge is 2.43. The molecule has 15 rings (SSSR count). The van der Waals surface area contributed by atoms with E-state index in [-0.39, 0.29) is 6.85 Å². The summed E-state index contributed by atoms with van der Waals surface area (Å²) in [6.45, 7) is -0.0547. The fourth-order valence-corrected chi connectivity index (χ4v) is 11.8. The van der Waals surface area contributed by atoms with Gasteiger partial charge in [0.15, 0.2) is 0 Å². The fourth-order valence-electron chi connectivity index (χ4n) is 11.8. The van der Waals surface area contributed by atoms with Crippen molar-refractivity contribution < 1.29 is 0 Å². The minimum Gasteiger partial charge on any atom is -0.376 e. The van der Waals surface area contributed by atoms with E-state index in [0.717, 1.165) is 11.4 Å². The number of fused-ring (bicyclic) bond motifs is 20. The molecule has 0 radical (unpaired) electrons. The fraction of sp³-hybridized carbons (Fsp3) is 0. The molecule has 0 amide bonds. The van der Waals surface area contributed by atoms with Crippen LogP contribution in [-0.4, -0.2) is 20.5 Å². The molecule has 3 aromatic heterocycles. The van der Waals surface area contributed by atoms with Crippen LogP contribution in [0.1, 0.15) is 0 Å². The molecule has 2 aliphatic heterocycles. The number of para-hydroxylation sites is 7. The van der Waals surface area contributed by atoms with Crippen molar-refractivity contribution in [2.75, 3.05) is 4.81 Å². The average Bonchev–Trinajstić information content (AvgIpc) is 4.02. The summed E-state index contributed by atoms with van der Waals surface area (Å²) in [5.74, 6) is 0. The Balaban J connectivity index is 1.00. The average molecular weight is 825 g/mol. The second-order valence-corrected chi connectivity index (χ2v) is 17.6. The molecule has 0 N–H and O–H groups in total. The molecule has 0 unspecified atom stereocenters. The van der Waals surface area contributed by atoms with E-state index in [2.05, 4.69) is 243 Å². The van der Waals surface area contributed by atoms with Gasteiger partial charge in [-0.15, -0.1) is 0 Å². The highest BCUT2D eigenvalue weighted by atomic mass is 15.1. The number of aromatic nitrogens is 3. The summed E-state index contributed by atoms with van der Waals surface area (Å²) in [6.07, 6.45) is 0. The predicted molar refractivity (Wildman–Crippen MR) is 274 cm³/mol. The molecular formula is C60H37BN4. The second kappa shape index (κ2) is 13.0. The Kier molecular flexibility index (Phi) is 7.00. The lowest BCUT2D eigenvalue weighted by atomic mass is 9.43. The second-order valence-electron chi connectivity index (χ2n) is 17.6. The van der Waals surface area contributed by atoms with Crippen LogP contribution in [0.3, 0.4) is 0 Å². The van der Waals surface area contributed by atoms with Crippen LogP contribution >= 0.6 is 0 Å². The smallest absolute Gasteiger partial charge is 0.329 e. The van der Waals surface area contributed by atoms with E-state index in [4.69, 9.17) is 0 Å². The molecule has 0 saturated carbocycles. The van der Waals surface area contributed by atoms with Crippen LogP contribution in [0.5, 0.6) is 0 Å². The lowest BCUT2D eigenvalue weighted by Crippen LogP contribution is -2.59. The van der Waals surface area contributed by atoms with E-state index in [1.165, 1.54) is 116 Å². The van der Waals surface area contributed by atoms with E-state index in [1.54, 1.807) is 0 Å². The first kappa shape index (κ1) is 35.0. The third kappa shape index (κ3) is 4.71.